The third-order valence-electron chi connectivity index (χ3n) is 2.76. The van der Waals surface area contributed by atoms with E-state index in [2.05, 4.69) is 4.99 Å². The molecule has 0 N–H and O–H groups in total. The first-order valence-corrected chi connectivity index (χ1v) is 6.66. The molecule has 0 saturated heterocycles. The van der Waals surface area contributed by atoms with E-state index in [-0.39, 0.29) is 5.41 Å². The first-order valence-electron chi connectivity index (χ1n) is 6.66. The van der Waals surface area contributed by atoms with E-state index in [9.17, 15) is 4.79 Å². The Morgan fingerprint density at radius 3 is 2.40 bits per heavy atom. The average Bonchev–Trinajstić information content (AvgIpc) is 2.74. The highest BCUT2D eigenvalue weighted by Gasteiger charge is 2.31. The minimum atomic E-state index is -0.399. The molecule has 1 heterocycles. The topological polar surface area (TPSA) is 47.9 Å². The average molecular weight is 273 g/mol. The smallest absolute Gasteiger partial charge is 0.363 e. The van der Waals surface area contributed by atoms with E-state index in [0.29, 0.717) is 18.2 Å². The molecular weight excluding hydrogens is 254 g/mol. The van der Waals surface area contributed by atoms with Gasteiger partial charge >= 0.3 is 5.97 Å². The molecule has 0 aliphatic carbocycles. The molecule has 2 rings (SSSR count). The zero-order chi connectivity index (χ0) is 14.8. The quantitative estimate of drug-likeness (QED) is 0.626. The van der Waals surface area contributed by atoms with Gasteiger partial charge in [-0.15, -0.1) is 0 Å². The molecular formula is C16H19NO3. The van der Waals surface area contributed by atoms with E-state index < -0.39 is 5.97 Å². The molecule has 1 aromatic carbocycles. The lowest BCUT2D eigenvalue weighted by Crippen LogP contribution is -2.21. The molecule has 1 aliphatic rings. The molecule has 0 aromatic heterocycles. The zero-order valence-corrected chi connectivity index (χ0v) is 12.3. The highest BCUT2D eigenvalue weighted by Crippen LogP contribution is 2.26. The van der Waals surface area contributed by atoms with E-state index in [0.717, 1.165) is 11.3 Å². The van der Waals surface area contributed by atoms with Crippen molar-refractivity contribution in [3.8, 4) is 5.75 Å². The summed E-state index contributed by atoms with van der Waals surface area (Å²) in [5.41, 5.74) is 0.947. The molecule has 0 spiro atoms. The van der Waals surface area contributed by atoms with Crippen LogP contribution in [0.3, 0.4) is 0 Å². The van der Waals surface area contributed by atoms with E-state index >= 15 is 0 Å². The fraction of sp³-hybridized carbons (Fsp3) is 0.375. The Bertz CT molecular complexity index is 562. The number of carbonyl (C=O) groups excluding carboxylic acids is 1. The summed E-state index contributed by atoms with van der Waals surface area (Å²) in [6.45, 7) is 8.44. The third kappa shape index (κ3) is 3.26. The van der Waals surface area contributed by atoms with Gasteiger partial charge in [0.25, 0.3) is 0 Å². The molecule has 20 heavy (non-hydrogen) atoms. The summed E-state index contributed by atoms with van der Waals surface area (Å²) in [6, 6.07) is 7.50. The second-order valence-electron chi connectivity index (χ2n) is 5.59. The van der Waals surface area contributed by atoms with Crippen LogP contribution in [-0.2, 0) is 9.53 Å². The Morgan fingerprint density at radius 2 is 1.90 bits per heavy atom. The molecule has 0 fully saturated rings. The van der Waals surface area contributed by atoms with Gasteiger partial charge in [-0.3, -0.25) is 0 Å². The van der Waals surface area contributed by atoms with Crippen molar-refractivity contribution in [3.63, 3.8) is 0 Å². The van der Waals surface area contributed by atoms with Crippen LogP contribution in [0.4, 0.5) is 0 Å². The van der Waals surface area contributed by atoms with Crippen molar-refractivity contribution >= 4 is 17.9 Å². The Morgan fingerprint density at radius 1 is 1.25 bits per heavy atom. The van der Waals surface area contributed by atoms with Gasteiger partial charge in [-0.2, -0.15) is 0 Å². The summed E-state index contributed by atoms with van der Waals surface area (Å²) in [4.78, 5) is 16.0. The van der Waals surface area contributed by atoms with Crippen molar-refractivity contribution in [2.24, 2.45) is 10.4 Å². The largest absolute Gasteiger partial charge is 0.494 e. The molecule has 106 valence electrons. The number of nitrogens with zero attached hydrogens (tertiary/aromatic N) is 1. The fourth-order valence-electron chi connectivity index (χ4n) is 1.71. The van der Waals surface area contributed by atoms with Crippen molar-refractivity contribution < 1.29 is 14.3 Å². The van der Waals surface area contributed by atoms with Crippen LogP contribution in [0.1, 0.15) is 33.3 Å². The third-order valence-corrected chi connectivity index (χ3v) is 2.76. The minimum absolute atomic E-state index is 0.274. The molecule has 0 unspecified atom stereocenters. The van der Waals surface area contributed by atoms with Gasteiger partial charge in [0.15, 0.2) is 5.70 Å². The maximum atomic E-state index is 11.8. The maximum Gasteiger partial charge on any atom is 0.363 e. The summed E-state index contributed by atoms with van der Waals surface area (Å²) < 4.78 is 10.6. The van der Waals surface area contributed by atoms with Crippen molar-refractivity contribution in [2.45, 2.75) is 27.7 Å². The van der Waals surface area contributed by atoms with Crippen LogP contribution in [0.25, 0.3) is 6.08 Å². The lowest BCUT2D eigenvalue weighted by molar-refractivity contribution is -0.130. The maximum absolute atomic E-state index is 11.8. The van der Waals surface area contributed by atoms with Gasteiger partial charge in [-0.05, 0) is 30.7 Å². The first-order chi connectivity index (χ1) is 9.40. The van der Waals surface area contributed by atoms with Gasteiger partial charge in [-0.1, -0.05) is 32.9 Å². The molecule has 4 heteroatoms. The normalized spacial score (nSPS) is 17.1. The van der Waals surface area contributed by atoms with Gasteiger partial charge in [0.05, 0.1) is 6.61 Å². The van der Waals surface area contributed by atoms with Crippen LogP contribution in [0.2, 0.25) is 0 Å². The van der Waals surface area contributed by atoms with Crippen LogP contribution in [0, 0.1) is 5.41 Å². The van der Waals surface area contributed by atoms with Crippen molar-refractivity contribution in [1.82, 2.24) is 0 Å². The van der Waals surface area contributed by atoms with Gasteiger partial charge in [-0.25, -0.2) is 9.79 Å². The SMILES string of the molecule is CCOc1ccc(/C=C2\N=C(C(C)(C)C)OC2=O)cc1. The number of aliphatic imine (C=N–C) groups is 1. The Labute approximate surface area is 119 Å². The summed E-state index contributed by atoms with van der Waals surface area (Å²) >= 11 is 0. The minimum Gasteiger partial charge on any atom is -0.494 e. The lowest BCUT2D eigenvalue weighted by atomic mass is 9.97. The van der Waals surface area contributed by atoms with Crippen LogP contribution in [0.15, 0.2) is 35.0 Å². The standard InChI is InChI=1S/C16H19NO3/c1-5-19-12-8-6-11(7-9-12)10-13-14(18)20-15(17-13)16(2,3)4/h6-10H,5H2,1-4H3/b13-10-. The highest BCUT2D eigenvalue weighted by atomic mass is 16.6. The summed E-state index contributed by atoms with van der Waals surface area (Å²) in [6.07, 6.45) is 1.72. The van der Waals surface area contributed by atoms with Gasteiger partial charge in [0.2, 0.25) is 5.90 Å². The second kappa shape index (κ2) is 5.49. The number of esters is 1. The number of cyclic esters (lactones) is 1. The molecule has 0 radical (unpaired) electrons. The van der Waals surface area contributed by atoms with Crippen LogP contribution < -0.4 is 4.74 Å². The number of carbonyl (C=O) groups is 1. The van der Waals surface area contributed by atoms with E-state index in [1.165, 1.54) is 0 Å². The monoisotopic (exact) mass is 273 g/mol. The van der Waals surface area contributed by atoms with E-state index in [1.54, 1.807) is 6.08 Å². The van der Waals surface area contributed by atoms with Crippen LogP contribution >= 0.6 is 0 Å². The van der Waals surface area contributed by atoms with Crippen molar-refractivity contribution in [3.05, 3.63) is 35.5 Å². The zero-order valence-electron chi connectivity index (χ0n) is 12.3. The molecule has 0 bridgehead atoms. The van der Waals surface area contributed by atoms with Gasteiger partial charge in [0, 0.05) is 5.41 Å². The molecule has 0 amide bonds. The molecule has 0 saturated carbocycles. The Kier molecular flexibility index (Phi) is 3.93. The number of benzene rings is 1. The summed E-state index contributed by atoms with van der Waals surface area (Å²) in [7, 11) is 0. The fourth-order valence-corrected chi connectivity index (χ4v) is 1.71. The van der Waals surface area contributed by atoms with Crippen molar-refractivity contribution in [1.29, 1.82) is 0 Å². The Hall–Kier alpha value is -2.10. The molecule has 1 aromatic rings. The van der Waals surface area contributed by atoms with E-state index in [1.807, 2.05) is 52.0 Å². The summed E-state index contributed by atoms with van der Waals surface area (Å²) in [5.74, 6) is 0.867. The van der Waals surface area contributed by atoms with Crippen LogP contribution in [0.5, 0.6) is 5.75 Å². The molecule has 4 nitrogen and oxygen atoms in total. The van der Waals surface area contributed by atoms with Gasteiger partial charge < -0.3 is 9.47 Å². The number of ether oxygens (including phenoxy) is 2. The van der Waals surface area contributed by atoms with E-state index in [4.69, 9.17) is 9.47 Å². The van der Waals surface area contributed by atoms with Crippen molar-refractivity contribution in [2.75, 3.05) is 6.61 Å². The predicted molar refractivity (Wildman–Crippen MR) is 78.6 cm³/mol. The number of rotatable bonds is 3. The second-order valence-corrected chi connectivity index (χ2v) is 5.59. The first kappa shape index (κ1) is 14.3. The molecule has 1 aliphatic heterocycles. The number of hydrogen-bond donors (Lipinski definition) is 0. The predicted octanol–water partition coefficient (Wildman–Crippen LogP) is 3.43. The Balaban J connectivity index is 2.22. The van der Waals surface area contributed by atoms with Crippen LogP contribution in [-0.4, -0.2) is 18.5 Å². The molecule has 0 atom stereocenters. The number of hydrogen-bond acceptors (Lipinski definition) is 4. The highest BCUT2D eigenvalue weighted by molar-refractivity contribution is 6.08. The summed E-state index contributed by atoms with van der Waals surface area (Å²) in [5, 5.41) is 0. The van der Waals surface area contributed by atoms with Gasteiger partial charge in [0.1, 0.15) is 5.75 Å². The lowest BCUT2D eigenvalue weighted by Gasteiger charge is -2.15.